The summed E-state index contributed by atoms with van der Waals surface area (Å²) < 4.78 is 10.4. The van der Waals surface area contributed by atoms with Crippen LogP contribution in [0.15, 0.2) is 65.3 Å². The van der Waals surface area contributed by atoms with Crippen LogP contribution in [0.3, 0.4) is 0 Å². The zero-order chi connectivity index (χ0) is 17.1. The number of halogens is 1. The first kappa shape index (κ1) is 16.1. The fourth-order valence-corrected chi connectivity index (χ4v) is 2.44. The number of carbonyl (C=O) groups excluding carboxylic acids is 2. The standard InChI is InChI=1S/C18H14ClNO4/c1-11-7-5-6-10-13(11)16(21)23-18-15(14(19)17(22)24-18)20-12-8-3-2-4-9-12/h2-10,18,20H,1H3/t18-/m1/s1. The summed E-state index contributed by atoms with van der Waals surface area (Å²) in [5, 5.41) is 2.83. The molecule has 2 aromatic carbocycles. The molecule has 1 atom stereocenters. The lowest BCUT2D eigenvalue weighted by molar-refractivity contribution is -0.152. The van der Waals surface area contributed by atoms with Gasteiger partial charge in [0.2, 0.25) is 0 Å². The molecule has 0 fully saturated rings. The van der Waals surface area contributed by atoms with Crippen molar-refractivity contribution in [3.63, 3.8) is 0 Å². The number of anilines is 1. The van der Waals surface area contributed by atoms with Gasteiger partial charge in [-0.15, -0.1) is 0 Å². The molecule has 24 heavy (non-hydrogen) atoms. The van der Waals surface area contributed by atoms with Gasteiger partial charge in [-0.1, -0.05) is 48.0 Å². The van der Waals surface area contributed by atoms with E-state index in [4.69, 9.17) is 21.1 Å². The van der Waals surface area contributed by atoms with Gasteiger partial charge in [0.05, 0.1) is 5.56 Å². The van der Waals surface area contributed by atoms with Crippen molar-refractivity contribution in [2.45, 2.75) is 13.2 Å². The number of esters is 2. The number of carbonyl (C=O) groups is 2. The Balaban J connectivity index is 1.81. The van der Waals surface area contributed by atoms with Crippen LogP contribution >= 0.6 is 11.6 Å². The number of cyclic esters (lactones) is 1. The minimum absolute atomic E-state index is 0.138. The van der Waals surface area contributed by atoms with Crippen molar-refractivity contribution in [1.29, 1.82) is 0 Å². The molecule has 122 valence electrons. The molecular formula is C18H14ClNO4. The molecule has 0 bridgehead atoms. The highest BCUT2D eigenvalue weighted by Gasteiger charge is 2.36. The highest BCUT2D eigenvalue weighted by atomic mass is 35.5. The summed E-state index contributed by atoms with van der Waals surface area (Å²) in [4.78, 5) is 24.1. The molecule has 6 heteroatoms. The Morgan fingerprint density at radius 2 is 1.79 bits per heavy atom. The van der Waals surface area contributed by atoms with E-state index in [1.807, 2.05) is 24.3 Å². The lowest BCUT2D eigenvalue weighted by Gasteiger charge is -2.16. The molecule has 0 radical (unpaired) electrons. The van der Waals surface area contributed by atoms with Gasteiger partial charge in [0.25, 0.3) is 6.29 Å². The van der Waals surface area contributed by atoms with Crippen molar-refractivity contribution in [3.05, 3.63) is 76.5 Å². The van der Waals surface area contributed by atoms with Crippen molar-refractivity contribution in [2.75, 3.05) is 5.32 Å². The first-order valence-electron chi connectivity index (χ1n) is 7.25. The van der Waals surface area contributed by atoms with Crippen molar-refractivity contribution >= 4 is 29.2 Å². The largest absolute Gasteiger partial charge is 0.415 e. The predicted octanol–water partition coefficient (Wildman–Crippen LogP) is 3.60. The van der Waals surface area contributed by atoms with Crippen LogP contribution in [0.5, 0.6) is 0 Å². The van der Waals surface area contributed by atoms with Crippen LogP contribution in [-0.4, -0.2) is 18.2 Å². The third-order valence-electron chi connectivity index (χ3n) is 3.50. The van der Waals surface area contributed by atoms with Gasteiger partial charge >= 0.3 is 11.9 Å². The normalized spacial score (nSPS) is 16.8. The minimum atomic E-state index is -1.21. The summed E-state index contributed by atoms with van der Waals surface area (Å²) in [6.07, 6.45) is -1.21. The number of nitrogens with one attached hydrogen (secondary N) is 1. The van der Waals surface area contributed by atoms with Gasteiger partial charge in [-0.3, -0.25) is 0 Å². The maximum atomic E-state index is 12.3. The van der Waals surface area contributed by atoms with Gasteiger partial charge in [0.1, 0.15) is 5.70 Å². The smallest absolute Gasteiger partial charge is 0.355 e. The molecule has 0 spiro atoms. The van der Waals surface area contributed by atoms with Crippen molar-refractivity contribution < 1.29 is 19.1 Å². The molecule has 0 aliphatic carbocycles. The van der Waals surface area contributed by atoms with Crippen LogP contribution in [0.25, 0.3) is 0 Å². The fraction of sp³-hybridized carbons (Fsp3) is 0.111. The topological polar surface area (TPSA) is 64.6 Å². The van der Waals surface area contributed by atoms with Gasteiger partial charge < -0.3 is 14.8 Å². The average molecular weight is 344 g/mol. The first-order chi connectivity index (χ1) is 11.6. The molecule has 0 saturated heterocycles. The van der Waals surface area contributed by atoms with E-state index >= 15 is 0 Å². The SMILES string of the molecule is Cc1ccccc1C(=O)O[C@@H]1OC(=O)C(Cl)=C1Nc1ccccc1. The number of benzene rings is 2. The highest BCUT2D eigenvalue weighted by Crippen LogP contribution is 2.28. The second-order valence-electron chi connectivity index (χ2n) is 5.18. The van der Waals surface area contributed by atoms with E-state index in [0.717, 1.165) is 5.56 Å². The van der Waals surface area contributed by atoms with E-state index in [9.17, 15) is 9.59 Å². The maximum Gasteiger partial charge on any atom is 0.355 e. The maximum absolute atomic E-state index is 12.3. The Morgan fingerprint density at radius 1 is 1.12 bits per heavy atom. The van der Waals surface area contributed by atoms with Crippen molar-refractivity contribution in [2.24, 2.45) is 0 Å². The Labute approximate surface area is 143 Å². The third-order valence-corrected chi connectivity index (χ3v) is 3.86. The number of aryl methyl sites for hydroxylation is 1. The Kier molecular flexibility index (Phi) is 4.53. The zero-order valence-corrected chi connectivity index (χ0v) is 13.5. The van der Waals surface area contributed by atoms with Crippen LogP contribution < -0.4 is 5.32 Å². The zero-order valence-electron chi connectivity index (χ0n) is 12.8. The van der Waals surface area contributed by atoms with E-state index in [1.165, 1.54) is 0 Å². The predicted molar refractivity (Wildman–Crippen MR) is 89.4 cm³/mol. The van der Waals surface area contributed by atoms with Gasteiger partial charge in [-0.05, 0) is 30.7 Å². The molecule has 2 aromatic rings. The minimum Gasteiger partial charge on any atom is -0.415 e. The summed E-state index contributed by atoms with van der Waals surface area (Å²) in [5.41, 5.74) is 2.06. The quantitative estimate of drug-likeness (QED) is 0.859. The molecule has 0 aromatic heterocycles. The van der Waals surface area contributed by atoms with Gasteiger partial charge in [-0.2, -0.15) is 0 Å². The summed E-state index contributed by atoms with van der Waals surface area (Å²) >= 11 is 5.99. The van der Waals surface area contributed by atoms with Crippen LogP contribution in [0.1, 0.15) is 15.9 Å². The monoisotopic (exact) mass is 343 g/mol. The molecule has 3 rings (SSSR count). The van der Waals surface area contributed by atoms with E-state index in [-0.39, 0.29) is 10.7 Å². The first-order valence-corrected chi connectivity index (χ1v) is 7.63. The summed E-state index contributed by atoms with van der Waals surface area (Å²) in [7, 11) is 0. The van der Waals surface area contributed by atoms with E-state index in [0.29, 0.717) is 11.3 Å². The third kappa shape index (κ3) is 3.26. The fourth-order valence-electron chi connectivity index (χ4n) is 2.26. The van der Waals surface area contributed by atoms with Gasteiger partial charge in [0, 0.05) is 5.69 Å². The number of hydrogen-bond acceptors (Lipinski definition) is 5. The lowest BCUT2D eigenvalue weighted by atomic mass is 10.1. The van der Waals surface area contributed by atoms with E-state index in [2.05, 4.69) is 5.32 Å². The lowest BCUT2D eigenvalue weighted by Crippen LogP contribution is -2.24. The van der Waals surface area contributed by atoms with Crippen LogP contribution in [0.2, 0.25) is 0 Å². The summed E-state index contributed by atoms with van der Waals surface area (Å²) in [6, 6.07) is 16.1. The molecule has 5 nitrogen and oxygen atoms in total. The van der Waals surface area contributed by atoms with Gasteiger partial charge in [-0.25, -0.2) is 9.59 Å². The Bertz CT molecular complexity index is 817. The number of hydrogen-bond donors (Lipinski definition) is 1. The Morgan fingerprint density at radius 3 is 2.50 bits per heavy atom. The molecule has 1 aliphatic heterocycles. The Hall–Kier alpha value is -2.79. The van der Waals surface area contributed by atoms with Gasteiger partial charge in [0.15, 0.2) is 5.03 Å². The summed E-state index contributed by atoms with van der Waals surface area (Å²) in [5.74, 6) is -1.33. The van der Waals surface area contributed by atoms with Crippen LogP contribution in [0.4, 0.5) is 5.69 Å². The molecule has 0 amide bonds. The molecule has 0 unspecified atom stereocenters. The molecule has 1 N–H and O–H groups in total. The molecule has 1 heterocycles. The van der Waals surface area contributed by atoms with Crippen LogP contribution in [0, 0.1) is 6.92 Å². The van der Waals surface area contributed by atoms with Crippen molar-refractivity contribution in [1.82, 2.24) is 0 Å². The number of ether oxygens (including phenoxy) is 2. The summed E-state index contributed by atoms with van der Waals surface area (Å²) in [6.45, 7) is 1.79. The molecule has 1 aliphatic rings. The second-order valence-corrected chi connectivity index (χ2v) is 5.55. The highest BCUT2D eigenvalue weighted by molar-refractivity contribution is 6.42. The van der Waals surface area contributed by atoms with Crippen molar-refractivity contribution in [3.8, 4) is 0 Å². The second kappa shape index (κ2) is 6.76. The van der Waals surface area contributed by atoms with E-state index in [1.54, 1.807) is 37.3 Å². The number of para-hydroxylation sites is 1. The average Bonchev–Trinajstić information content (AvgIpc) is 2.84. The number of rotatable bonds is 4. The molecule has 0 saturated carbocycles. The van der Waals surface area contributed by atoms with Crippen LogP contribution in [-0.2, 0) is 14.3 Å². The molecular weight excluding hydrogens is 330 g/mol. The van der Waals surface area contributed by atoms with E-state index < -0.39 is 18.2 Å².